The van der Waals surface area contributed by atoms with Crippen molar-refractivity contribution in [3.05, 3.63) is 0 Å². The lowest BCUT2D eigenvalue weighted by Crippen LogP contribution is -2.06. The molecule has 58 valence electrons. The Morgan fingerprint density at radius 2 is 2.00 bits per heavy atom. The van der Waals surface area contributed by atoms with Gasteiger partial charge in [-0.3, -0.25) is 4.57 Å². The van der Waals surface area contributed by atoms with Crippen LogP contribution in [-0.4, -0.2) is 25.2 Å². The van der Waals surface area contributed by atoms with Gasteiger partial charge in [0.1, 0.15) is 0 Å². The fourth-order valence-electron chi connectivity index (χ4n) is 0.366. The van der Waals surface area contributed by atoms with E-state index in [0.717, 1.165) is 14.2 Å². The van der Waals surface area contributed by atoms with Gasteiger partial charge in [0.05, 0.1) is 0 Å². The Kier molecular flexibility index (Phi) is 3.62. The first-order valence-corrected chi connectivity index (χ1v) is 4.07. The standard InChI is InChI=1S/C5H9O4P/c1-4-5(6)10(7,8-2)9-3/h1,5-6H,2-3H3. The van der Waals surface area contributed by atoms with Crippen LogP contribution in [0.1, 0.15) is 0 Å². The maximum absolute atomic E-state index is 11.0. The molecule has 0 aromatic heterocycles. The lowest BCUT2D eigenvalue weighted by atomic mass is 10.8. The Bertz CT molecular complexity index is 175. The van der Waals surface area contributed by atoms with E-state index in [1.165, 1.54) is 0 Å². The van der Waals surface area contributed by atoms with Gasteiger partial charge in [-0.2, -0.15) is 0 Å². The molecular formula is C5H9O4P. The normalized spacial score (nSPS) is 14.2. The van der Waals surface area contributed by atoms with Crippen molar-refractivity contribution < 1.29 is 18.7 Å². The second-order valence-corrected chi connectivity index (χ2v) is 3.74. The van der Waals surface area contributed by atoms with Gasteiger partial charge < -0.3 is 14.2 Å². The molecule has 1 unspecified atom stereocenters. The maximum atomic E-state index is 11.0. The highest BCUT2D eigenvalue weighted by molar-refractivity contribution is 7.54. The van der Waals surface area contributed by atoms with Crippen LogP contribution in [0.5, 0.6) is 0 Å². The average Bonchev–Trinajstić information content (AvgIpc) is 2.01. The molecular weight excluding hydrogens is 155 g/mol. The third-order valence-corrected chi connectivity index (χ3v) is 2.72. The van der Waals surface area contributed by atoms with Crippen LogP contribution in [0.3, 0.4) is 0 Å². The average molecular weight is 164 g/mol. The highest BCUT2D eigenvalue weighted by Gasteiger charge is 2.30. The molecule has 0 spiro atoms. The second kappa shape index (κ2) is 3.75. The van der Waals surface area contributed by atoms with E-state index in [4.69, 9.17) is 11.5 Å². The van der Waals surface area contributed by atoms with Gasteiger partial charge in [-0.1, -0.05) is 5.92 Å². The molecule has 0 saturated carbocycles. The molecule has 0 radical (unpaired) electrons. The van der Waals surface area contributed by atoms with Gasteiger partial charge in [-0.05, 0) is 0 Å². The number of terminal acetylenes is 1. The third kappa shape index (κ3) is 1.83. The minimum atomic E-state index is -3.45. The molecule has 0 saturated heterocycles. The summed E-state index contributed by atoms with van der Waals surface area (Å²) in [6.45, 7) is 0. The van der Waals surface area contributed by atoms with E-state index in [2.05, 4.69) is 9.05 Å². The van der Waals surface area contributed by atoms with Crippen molar-refractivity contribution in [2.24, 2.45) is 0 Å². The monoisotopic (exact) mass is 164 g/mol. The number of hydrogen-bond donors (Lipinski definition) is 1. The molecule has 0 heterocycles. The van der Waals surface area contributed by atoms with Crippen LogP contribution >= 0.6 is 7.60 Å². The van der Waals surface area contributed by atoms with Crippen LogP contribution in [-0.2, 0) is 13.6 Å². The predicted molar refractivity (Wildman–Crippen MR) is 36.5 cm³/mol. The predicted octanol–water partition coefficient (Wildman–Crippen LogP) is 0.424. The van der Waals surface area contributed by atoms with Crippen molar-refractivity contribution in [3.8, 4) is 12.3 Å². The lowest BCUT2D eigenvalue weighted by molar-refractivity contribution is 0.205. The SMILES string of the molecule is C#CC(O)P(=O)(OC)OC. The van der Waals surface area contributed by atoms with E-state index in [9.17, 15) is 4.57 Å². The van der Waals surface area contributed by atoms with E-state index in [0.29, 0.717) is 0 Å². The number of aliphatic hydroxyl groups is 1. The first kappa shape index (κ1) is 9.67. The largest absolute Gasteiger partial charge is 0.370 e. The smallest absolute Gasteiger partial charge is 0.370 e. The Balaban J connectivity index is 4.37. The van der Waals surface area contributed by atoms with Crippen LogP contribution in [0.2, 0.25) is 0 Å². The molecule has 0 aliphatic heterocycles. The molecule has 0 aliphatic carbocycles. The summed E-state index contributed by atoms with van der Waals surface area (Å²) in [5, 5.41) is 8.83. The summed E-state index contributed by atoms with van der Waals surface area (Å²) in [6, 6.07) is 0. The lowest BCUT2D eigenvalue weighted by Gasteiger charge is -2.14. The summed E-state index contributed by atoms with van der Waals surface area (Å²) in [5.41, 5.74) is 0. The summed E-state index contributed by atoms with van der Waals surface area (Å²) >= 11 is 0. The van der Waals surface area contributed by atoms with Crippen LogP contribution < -0.4 is 0 Å². The van der Waals surface area contributed by atoms with E-state index >= 15 is 0 Å². The van der Waals surface area contributed by atoms with Gasteiger partial charge in [-0.25, -0.2) is 0 Å². The molecule has 0 rings (SSSR count). The Morgan fingerprint density at radius 3 is 2.10 bits per heavy atom. The van der Waals surface area contributed by atoms with Gasteiger partial charge in [0.25, 0.3) is 0 Å². The highest BCUT2D eigenvalue weighted by Crippen LogP contribution is 2.49. The summed E-state index contributed by atoms with van der Waals surface area (Å²) in [7, 11) is -1.14. The Morgan fingerprint density at radius 1 is 1.60 bits per heavy atom. The van der Waals surface area contributed by atoms with Crippen molar-refractivity contribution in [3.63, 3.8) is 0 Å². The van der Waals surface area contributed by atoms with Gasteiger partial charge in [0.2, 0.25) is 5.85 Å². The number of hydrogen-bond acceptors (Lipinski definition) is 4. The van der Waals surface area contributed by atoms with E-state index in [-0.39, 0.29) is 0 Å². The zero-order valence-electron chi connectivity index (χ0n) is 5.77. The van der Waals surface area contributed by atoms with E-state index in [1.54, 1.807) is 0 Å². The van der Waals surface area contributed by atoms with Crippen molar-refractivity contribution in [1.82, 2.24) is 0 Å². The van der Waals surface area contributed by atoms with Gasteiger partial charge in [0.15, 0.2) is 0 Å². The molecule has 0 fully saturated rings. The highest BCUT2D eigenvalue weighted by atomic mass is 31.2. The molecule has 1 atom stereocenters. The molecule has 0 aliphatic rings. The summed E-state index contributed by atoms with van der Waals surface area (Å²) < 4.78 is 19.8. The second-order valence-electron chi connectivity index (χ2n) is 1.45. The van der Waals surface area contributed by atoms with Crippen LogP contribution in [0.15, 0.2) is 0 Å². The molecule has 0 aromatic rings. The maximum Gasteiger partial charge on any atom is 0.370 e. The topological polar surface area (TPSA) is 55.8 Å². The van der Waals surface area contributed by atoms with Crippen LogP contribution in [0.25, 0.3) is 0 Å². The quantitative estimate of drug-likeness (QED) is 0.485. The molecule has 0 amide bonds. The zero-order valence-corrected chi connectivity index (χ0v) is 6.67. The number of rotatable bonds is 3. The first-order chi connectivity index (χ1) is 4.60. The van der Waals surface area contributed by atoms with E-state index in [1.807, 2.05) is 5.92 Å². The van der Waals surface area contributed by atoms with Crippen molar-refractivity contribution in [2.45, 2.75) is 5.85 Å². The zero-order chi connectivity index (χ0) is 8.20. The van der Waals surface area contributed by atoms with Crippen LogP contribution in [0.4, 0.5) is 0 Å². The number of aliphatic hydroxyl groups excluding tert-OH is 1. The molecule has 4 nitrogen and oxygen atoms in total. The van der Waals surface area contributed by atoms with Gasteiger partial charge in [0, 0.05) is 14.2 Å². The fraction of sp³-hybridized carbons (Fsp3) is 0.600. The molecule has 5 heteroatoms. The minimum absolute atomic E-state index is 1.16. The minimum Gasteiger partial charge on any atom is -0.370 e. The molecule has 0 bridgehead atoms. The van der Waals surface area contributed by atoms with E-state index < -0.39 is 13.4 Å². The third-order valence-electron chi connectivity index (χ3n) is 0.958. The Labute approximate surface area is 59.7 Å². The van der Waals surface area contributed by atoms with Crippen molar-refractivity contribution in [1.29, 1.82) is 0 Å². The van der Waals surface area contributed by atoms with Crippen molar-refractivity contribution in [2.75, 3.05) is 14.2 Å². The van der Waals surface area contributed by atoms with Crippen molar-refractivity contribution >= 4 is 7.60 Å². The molecule has 10 heavy (non-hydrogen) atoms. The fourth-order valence-corrected chi connectivity index (χ4v) is 1.10. The molecule has 0 aromatic carbocycles. The first-order valence-electron chi connectivity index (χ1n) is 2.46. The van der Waals surface area contributed by atoms with Crippen LogP contribution in [0, 0.1) is 12.3 Å². The summed E-state index contributed by atoms with van der Waals surface area (Å²) in [6.07, 6.45) is 4.78. The van der Waals surface area contributed by atoms with Gasteiger partial charge in [-0.15, -0.1) is 6.42 Å². The summed E-state index contributed by atoms with van der Waals surface area (Å²) in [5.74, 6) is 0.366. The molecule has 1 N–H and O–H groups in total. The van der Waals surface area contributed by atoms with Gasteiger partial charge >= 0.3 is 7.60 Å². The summed E-state index contributed by atoms with van der Waals surface area (Å²) in [4.78, 5) is 0. The Hall–Kier alpha value is -0.330.